The summed E-state index contributed by atoms with van der Waals surface area (Å²) in [7, 11) is 0. The van der Waals surface area contributed by atoms with Gasteiger partial charge in [0.2, 0.25) is 0 Å². The third-order valence-corrected chi connectivity index (χ3v) is 4.42. The van der Waals surface area contributed by atoms with E-state index in [-0.39, 0.29) is 0 Å². The SMILES string of the molecule is Cc1ccccc1Sc1ccc(CCN)cc1Cl. The van der Waals surface area contributed by atoms with E-state index in [9.17, 15) is 0 Å². The van der Waals surface area contributed by atoms with Gasteiger partial charge in [0.15, 0.2) is 0 Å². The molecule has 2 rings (SSSR count). The van der Waals surface area contributed by atoms with Crippen molar-refractivity contribution in [3.05, 3.63) is 58.6 Å². The van der Waals surface area contributed by atoms with Crippen LogP contribution in [-0.4, -0.2) is 6.54 Å². The van der Waals surface area contributed by atoms with Gasteiger partial charge in [-0.3, -0.25) is 0 Å². The van der Waals surface area contributed by atoms with E-state index in [1.807, 2.05) is 18.2 Å². The van der Waals surface area contributed by atoms with Crippen LogP contribution in [0.15, 0.2) is 52.3 Å². The Kier molecular flexibility index (Phi) is 4.70. The molecule has 0 radical (unpaired) electrons. The van der Waals surface area contributed by atoms with Gasteiger partial charge in [0.25, 0.3) is 0 Å². The number of halogens is 1. The topological polar surface area (TPSA) is 26.0 Å². The lowest BCUT2D eigenvalue weighted by Crippen LogP contribution is -2.02. The quantitative estimate of drug-likeness (QED) is 0.902. The zero-order valence-corrected chi connectivity index (χ0v) is 11.9. The maximum atomic E-state index is 6.31. The van der Waals surface area contributed by atoms with E-state index in [1.54, 1.807) is 11.8 Å². The Morgan fingerprint density at radius 2 is 1.89 bits per heavy atom. The predicted molar refractivity (Wildman–Crippen MR) is 79.5 cm³/mol. The normalized spacial score (nSPS) is 10.6. The molecule has 0 aliphatic rings. The average molecular weight is 278 g/mol. The smallest absolute Gasteiger partial charge is 0.0548 e. The Labute approximate surface area is 117 Å². The van der Waals surface area contributed by atoms with Gasteiger partial charge in [0.05, 0.1) is 5.02 Å². The molecule has 0 aliphatic carbocycles. The second-order valence-electron chi connectivity index (χ2n) is 4.17. The number of nitrogens with two attached hydrogens (primary N) is 1. The van der Waals surface area contributed by atoms with Crippen molar-refractivity contribution in [1.82, 2.24) is 0 Å². The second kappa shape index (κ2) is 6.28. The zero-order valence-electron chi connectivity index (χ0n) is 10.3. The summed E-state index contributed by atoms with van der Waals surface area (Å²) in [5, 5.41) is 0.800. The van der Waals surface area contributed by atoms with E-state index in [1.165, 1.54) is 16.0 Å². The van der Waals surface area contributed by atoms with Gasteiger partial charge in [-0.25, -0.2) is 0 Å². The highest BCUT2D eigenvalue weighted by Crippen LogP contribution is 2.35. The Morgan fingerprint density at radius 3 is 2.56 bits per heavy atom. The maximum absolute atomic E-state index is 6.31. The lowest BCUT2D eigenvalue weighted by molar-refractivity contribution is 0.966. The van der Waals surface area contributed by atoms with Crippen LogP contribution in [0.3, 0.4) is 0 Å². The molecule has 0 aromatic heterocycles. The average Bonchev–Trinajstić information content (AvgIpc) is 2.35. The van der Waals surface area contributed by atoms with Crippen LogP contribution in [0.1, 0.15) is 11.1 Å². The molecule has 0 spiro atoms. The molecule has 3 heteroatoms. The number of benzene rings is 2. The molecule has 0 unspecified atom stereocenters. The number of aryl methyl sites for hydroxylation is 1. The van der Waals surface area contributed by atoms with Gasteiger partial charge in [0.1, 0.15) is 0 Å². The molecule has 2 aromatic carbocycles. The summed E-state index contributed by atoms with van der Waals surface area (Å²) >= 11 is 8.01. The third-order valence-electron chi connectivity index (χ3n) is 2.74. The van der Waals surface area contributed by atoms with Gasteiger partial charge in [-0.15, -0.1) is 0 Å². The van der Waals surface area contributed by atoms with Crippen LogP contribution in [0.2, 0.25) is 5.02 Å². The molecule has 0 saturated heterocycles. The Bertz CT molecular complexity index is 540. The molecule has 1 nitrogen and oxygen atoms in total. The van der Waals surface area contributed by atoms with E-state index in [0.717, 1.165) is 16.3 Å². The first-order valence-corrected chi connectivity index (χ1v) is 7.12. The van der Waals surface area contributed by atoms with Crippen molar-refractivity contribution in [1.29, 1.82) is 0 Å². The van der Waals surface area contributed by atoms with E-state index in [2.05, 4.69) is 31.2 Å². The van der Waals surface area contributed by atoms with Crippen molar-refractivity contribution in [2.24, 2.45) is 5.73 Å². The highest BCUT2D eigenvalue weighted by Gasteiger charge is 2.05. The molecule has 2 aromatic rings. The largest absolute Gasteiger partial charge is 0.330 e. The Hall–Kier alpha value is -0.960. The minimum Gasteiger partial charge on any atom is -0.330 e. The molecule has 0 atom stereocenters. The lowest BCUT2D eigenvalue weighted by Gasteiger charge is -2.08. The van der Waals surface area contributed by atoms with Crippen LogP contribution in [0.5, 0.6) is 0 Å². The van der Waals surface area contributed by atoms with E-state index in [0.29, 0.717) is 6.54 Å². The molecular formula is C15H16ClNS. The van der Waals surface area contributed by atoms with Crippen LogP contribution >= 0.6 is 23.4 Å². The molecule has 0 saturated carbocycles. The first kappa shape index (κ1) is 13.5. The summed E-state index contributed by atoms with van der Waals surface area (Å²) in [5.41, 5.74) is 8.00. The number of rotatable bonds is 4. The van der Waals surface area contributed by atoms with Gasteiger partial charge in [0, 0.05) is 9.79 Å². The van der Waals surface area contributed by atoms with Crippen molar-refractivity contribution < 1.29 is 0 Å². The third kappa shape index (κ3) is 3.29. The highest BCUT2D eigenvalue weighted by molar-refractivity contribution is 7.99. The fraction of sp³-hybridized carbons (Fsp3) is 0.200. The maximum Gasteiger partial charge on any atom is 0.0548 e. The molecule has 2 N–H and O–H groups in total. The van der Waals surface area contributed by atoms with E-state index in [4.69, 9.17) is 17.3 Å². The second-order valence-corrected chi connectivity index (χ2v) is 5.66. The number of hydrogen-bond donors (Lipinski definition) is 1. The fourth-order valence-electron chi connectivity index (χ4n) is 1.74. The summed E-state index contributed by atoms with van der Waals surface area (Å²) in [6.45, 7) is 2.76. The Balaban J connectivity index is 2.22. The minimum atomic E-state index is 0.653. The van der Waals surface area contributed by atoms with E-state index < -0.39 is 0 Å². The summed E-state index contributed by atoms with van der Waals surface area (Å²) in [5.74, 6) is 0. The van der Waals surface area contributed by atoms with Gasteiger partial charge >= 0.3 is 0 Å². The van der Waals surface area contributed by atoms with Crippen molar-refractivity contribution in [3.8, 4) is 0 Å². The van der Waals surface area contributed by atoms with Crippen LogP contribution in [0.25, 0.3) is 0 Å². The van der Waals surface area contributed by atoms with Crippen LogP contribution in [-0.2, 0) is 6.42 Å². The van der Waals surface area contributed by atoms with E-state index >= 15 is 0 Å². The van der Waals surface area contributed by atoms with Crippen molar-refractivity contribution in [2.75, 3.05) is 6.54 Å². The monoisotopic (exact) mass is 277 g/mol. The molecule has 0 fully saturated rings. The van der Waals surface area contributed by atoms with Gasteiger partial charge in [-0.1, -0.05) is 47.6 Å². The first-order chi connectivity index (χ1) is 8.70. The van der Waals surface area contributed by atoms with Crippen LogP contribution in [0.4, 0.5) is 0 Å². The predicted octanol–water partition coefficient (Wildman–Crippen LogP) is 4.30. The molecule has 94 valence electrons. The molecule has 0 amide bonds. The Morgan fingerprint density at radius 1 is 1.11 bits per heavy atom. The van der Waals surface area contributed by atoms with Gasteiger partial charge < -0.3 is 5.73 Å². The van der Waals surface area contributed by atoms with Gasteiger partial charge in [-0.05, 0) is 49.2 Å². The standard InChI is InChI=1S/C15H16ClNS/c1-11-4-2-3-5-14(11)18-15-7-6-12(8-9-17)10-13(15)16/h2-7,10H,8-9,17H2,1H3. The zero-order chi connectivity index (χ0) is 13.0. The molecule has 0 heterocycles. The van der Waals surface area contributed by atoms with Crippen molar-refractivity contribution >= 4 is 23.4 Å². The van der Waals surface area contributed by atoms with Crippen LogP contribution < -0.4 is 5.73 Å². The molecule has 18 heavy (non-hydrogen) atoms. The van der Waals surface area contributed by atoms with Gasteiger partial charge in [-0.2, -0.15) is 0 Å². The summed E-state index contributed by atoms with van der Waals surface area (Å²) in [6, 6.07) is 14.5. The molecule has 0 aliphatic heterocycles. The lowest BCUT2D eigenvalue weighted by atomic mass is 10.1. The van der Waals surface area contributed by atoms with Crippen LogP contribution in [0, 0.1) is 6.92 Å². The highest BCUT2D eigenvalue weighted by atomic mass is 35.5. The summed E-state index contributed by atoms with van der Waals surface area (Å²) in [6.07, 6.45) is 0.870. The minimum absolute atomic E-state index is 0.653. The molecular weight excluding hydrogens is 262 g/mol. The van der Waals surface area contributed by atoms with Crippen molar-refractivity contribution in [3.63, 3.8) is 0 Å². The number of hydrogen-bond acceptors (Lipinski definition) is 2. The summed E-state index contributed by atoms with van der Waals surface area (Å²) in [4.78, 5) is 2.33. The van der Waals surface area contributed by atoms with Crippen molar-refractivity contribution in [2.45, 2.75) is 23.1 Å². The molecule has 0 bridgehead atoms. The fourth-order valence-corrected chi connectivity index (χ4v) is 2.96. The summed E-state index contributed by atoms with van der Waals surface area (Å²) < 4.78 is 0. The first-order valence-electron chi connectivity index (χ1n) is 5.92.